The van der Waals surface area contributed by atoms with Crippen LogP contribution in [0.5, 0.6) is 0 Å². The van der Waals surface area contributed by atoms with Crippen molar-refractivity contribution in [2.45, 2.75) is 56.4 Å². The first-order chi connectivity index (χ1) is 13.3. The molecule has 4 saturated carbocycles. The lowest BCUT2D eigenvalue weighted by atomic mass is 9.49. The van der Waals surface area contributed by atoms with E-state index in [0.717, 1.165) is 25.7 Å². The Morgan fingerprint density at radius 2 is 1.89 bits per heavy atom. The summed E-state index contributed by atoms with van der Waals surface area (Å²) in [7, 11) is 0. The van der Waals surface area contributed by atoms with Crippen molar-refractivity contribution in [2.75, 3.05) is 0 Å². The van der Waals surface area contributed by atoms with Crippen molar-refractivity contribution in [3.63, 3.8) is 0 Å². The summed E-state index contributed by atoms with van der Waals surface area (Å²) in [6.07, 6.45) is 5.01. The number of aromatic nitrogens is 2. The summed E-state index contributed by atoms with van der Waals surface area (Å²) in [6, 6.07) is 5.80. The molecule has 0 aliphatic heterocycles. The summed E-state index contributed by atoms with van der Waals surface area (Å²) < 4.78 is 24.5. The number of halogens is 2. The lowest BCUT2D eigenvalue weighted by molar-refractivity contribution is -0.176. The number of hydrogen-bond donors (Lipinski definition) is 0. The fourth-order valence-corrected chi connectivity index (χ4v) is 6.53. The van der Waals surface area contributed by atoms with E-state index in [0.29, 0.717) is 23.8 Å². The van der Waals surface area contributed by atoms with Crippen LogP contribution in [0.4, 0.5) is 4.39 Å². The first kappa shape index (κ1) is 18.1. The van der Waals surface area contributed by atoms with E-state index in [2.05, 4.69) is 10.2 Å². The Labute approximate surface area is 167 Å². The molecule has 4 aliphatic carbocycles. The molecule has 1 heterocycles. The van der Waals surface area contributed by atoms with Crippen LogP contribution in [0.2, 0.25) is 0 Å². The van der Waals surface area contributed by atoms with Crippen LogP contribution in [0.15, 0.2) is 28.7 Å². The quantitative estimate of drug-likeness (QED) is 0.526. The minimum Gasteiger partial charge on any atom is -0.452 e. The standard InChI is InChI=1S/C21H22ClFN2O3/c1-12(17-24-25-18(28-17)15-2-4-16(23)5-3-15)27-19(26)20-7-13-6-14(8-20)10-21(22,9-13)11-20/h2-5,12-14H,6-11H2,1H3/t12-,13-,14+,20?,21?/m1/s1. The molecule has 1 aromatic heterocycles. The molecule has 7 heteroatoms. The molecule has 4 aliphatic rings. The van der Waals surface area contributed by atoms with Gasteiger partial charge < -0.3 is 9.15 Å². The Morgan fingerprint density at radius 1 is 1.21 bits per heavy atom. The summed E-state index contributed by atoms with van der Waals surface area (Å²) >= 11 is 6.83. The van der Waals surface area contributed by atoms with Crippen molar-refractivity contribution in [3.8, 4) is 11.5 Å². The second-order valence-corrected chi connectivity index (χ2v) is 9.69. The lowest BCUT2D eigenvalue weighted by Gasteiger charge is -2.58. The van der Waals surface area contributed by atoms with E-state index in [1.54, 1.807) is 19.1 Å². The molecule has 2 unspecified atom stereocenters. The molecule has 4 bridgehead atoms. The summed E-state index contributed by atoms with van der Waals surface area (Å²) in [6.45, 7) is 1.73. The molecule has 0 spiro atoms. The highest BCUT2D eigenvalue weighted by molar-refractivity contribution is 6.24. The van der Waals surface area contributed by atoms with Gasteiger partial charge in [0.2, 0.25) is 5.89 Å². The van der Waals surface area contributed by atoms with Crippen molar-refractivity contribution in [1.82, 2.24) is 10.2 Å². The number of rotatable bonds is 4. The molecule has 0 radical (unpaired) electrons. The second kappa shape index (κ2) is 6.28. The van der Waals surface area contributed by atoms with Gasteiger partial charge >= 0.3 is 5.97 Å². The predicted octanol–water partition coefficient (Wildman–Crippen LogP) is 5.06. The highest BCUT2D eigenvalue weighted by Crippen LogP contribution is 2.64. The van der Waals surface area contributed by atoms with Crippen LogP contribution in [0.25, 0.3) is 11.5 Å². The number of hydrogen-bond acceptors (Lipinski definition) is 5. The average Bonchev–Trinajstić information content (AvgIpc) is 3.10. The topological polar surface area (TPSA) is 65.2 Å². The minimum atomic E-state index is -0.645. The van der Waals surface area contributed by atoms with Gasteiger partial charge in [-0.3, -0.25) is 4.79 Å². The first-order valence-electron chi connectivity index (χ1n) is 9.84. The van der Waals surface area contributed by atoms with Crippen LogP contribution in [-0.4, -0.2) is 21.0 Å². The first-order valence-corrected chi connectivity index (χ1v) is 10.2. The van der Waals surface area contributed by atoms with E-state index in [-0.39, 0.29) is 28.4 Å². The highest BCUT2D eigenvalue weighted by atomic mass is 35.5. The van der Waals surface area contributed by atoms with Crippen LogP contribution < -0.4 is 0 Å². The molecule has 148 valence electrons. The number of esters is 1. The molecule has 5 atom stereocenters. The molecule has 0 amide bonds. The molecule has 5 nitrogen and oxygen atoms in total. The fourth-order valence-electron chi connectivity index (χ4n) is 5.83. The maximum Gasteiger partial charge on any atom is 0.312 e. The largest absolute Gasteiger partial charge is 0.452 e. The van der Waals surface area contributed by atoms with Crippen LogP contribution in [0.3, 0.4) is 0 Å². The van der Waals surface area contributed by atoms with Gasteiger partial charge in [-0.25, -0.2) is 4.39 Å². The monoisotopic (exact) mass is 404 g/mol. The smallest absolute Gasteiger partial charge is 0.312 e. The SMILES string of the molecule is C[C@@H](OC(=O)C12C[C@@H]3C[C@@H](CC(Cl)(C3)C1)C2)c1nnc(-c2ccc(F)cc2)o1. The molecule has 4 fully saturated rings. The second-order valence-electron chi connectivity index (χ2n) is 8.89. The summed E-state index contributed by atoms with van der Waals surface area (Å²) in [5.74, 6) is 1.02. The zero-order valence-electron chi connectivity index (χ0n) is 15.7. The molecule has 6 rings (SSSR count). The molecular weight excluding hydrogens is 383 g/mol. The Kier molecular flexibility index (Phi) is 4.06. The Balaban J connectivity index is 1.31. The number of carbonyl (C=O) groups excluding carboxylic acids is 1. The van der Waals surface area contributed by atoms with Gasteiger partial charge in [-0.15, -0.1) is 21.8 Å². The third-order valence-electron chi connectivity index (χ3n) is 6.59. The van der Waals surface area contributed by atoms with E-state index in [4.69, 9.17) is 20.8 Å². The van der Waals surface area contributed by atoms with Gasteiger partial charge in [0.25, 0.3) is 5.89 Å². The van der Waals surface area contributed by atoms with E-state index in [9.17, 15) is 9.18 Å². The molecule has 1 aromatic carbocycles. The van der Waals surface area contributed by atoms with Crippen LogP contribution in [-0.2, 0) is 9.53 Å². The predicted molar refractivity (Wildman–Crippen MR) is 99.9 cm³/mol. The summed E-state index contributed by atoms with van der Waals surface area (Å²) in [5.41, 5.74) is 0.142. The van der Waals surface area contributed by atoms with Crippen molar-refractivity contribution in [3.05, 3.63) is 36.0 Å². The third kappa shape index (κ3) is 3.02. The van der Waals surface area contributed by atoms with Crippen LogP contribution in [0.1, 0.15) is 57.4 Å². The van der Waals surface area contributed by atoms with Crippen LogP contribution in [0, 0.1) is 23.1 Å². The number of alkyl halides is 1. The third-order valence-corrected chi connectivity index (χ3v) is 7.03. The van der Waals surface area contributed by atoms with Gasteiger partial charge in [-0.05, 0) is 81.5 Å². The van der Waals surface area contributed by atoms with E-state index in [1.807, 2.05) is 0 Å². The molecule has 0 saturated heterocycles. The number of benzene rings is 1. The van der Waals surface area contributed by atoms with Gasteiger partial charge in [0.15, 0.2) is 6.10 Å². The van der Waals surface area contributed by atoms with Gasteiger partial charge in [0.1, 0.15) is 5.82 Å². The summed E-state index contributed by atoms with van der Waals surface area (Å²) in [5, 5.41) is 8.01. The Bertz CT molecular complexity index is 899. The average molecular weight is 405 g/mol. The Hall–Kier alpha value is -1.95. The van der Waals surface area contributed by atoms with E-state index < -0.39 is 11.5 Å². The summed E-state index contributed by atoms with van der Waals surface area (Å²) in [4.78, 5) is 12.9. The lowest BCUT2D eigenvalue weighted by Crippen LogP contribution is -2.56. The van der Waals surface area contributed by atoms with Gasteiger partial charge in [-0.2, -0.15) is 0 Å². The Morgan fingerprint density at radius 3 is 2.54 bits per heavy atom. The van der Waals surface area contributed by atoms with Gasteiger partial charge in [0.05, 0.1) is 5.41 Å². The van der Waals surface area contributed by atoms with Gasteiger partial charge in [-0.1, -0.05) is 0 Å². The van der Waals surface area contributed by atoms with Crippen molar-refractivity contribution in [1.29, 1.82) is 0 Å². The zero-order valence-corrected chi connectivity index (χ0v) is 16.4. The molecule has 2 aromatic rings. The fraction of sp³-hybridized carbons (Fsp3) is 0.571. The van der Waals surface area contributed by atoms with Crippen molar-refractivity contribution < 1.29 is 18.3 Å². The molecular formula is C21H22ClFN2O3. The zero-order chi connectivity index (χ0) is 19.5. The van der Waals surface area contributed by atoms with Crippen molar-refractivity contribution >= 4 is 17.6 Å². The highest BCUT2D eigenvalue weighted by Gasteiger charge is 2.61. The number of nitrogens with zero attached hydrogens (tertiary/aromatic N) is 2. The minimum absolute atomic E-state index is 0.194. The van der Waals surface area contributed by atoms with Crippen molar-refractivity contribution in [2.24, 2.45) is 17.3 Å². The number of carbonyl (C=O) groups is 1. The normalized spacial score (nSPS) is 34.4. The van der Waals surface area contributed by atoms with Gasteiger partial charge in [0, 0.05) is 10.4 Å². The number of ether oxygens (including phenoxy) is 1. The van der Waals surface area contributed by atoms with E-state index >= 15 is 0 Å². The maximum absolute atomic E-state index is 13.1. The van der Waals surface area contributed by atoms with Crippen LogP contribution >= 0.6 is 11.6 Å². The molecule has 28 heavy (non-hydrogen) atoms. The maximum atomic E-state index is 13.1. The van der Waals surface area contributed by atoms with E-state index in [1.165, 1.54) is 18.6 Å². The molecule has 0 N–H and O–H groups in total.